The summed E-state index contributed by atoms with van der Waals surface area (Å²) in [5.74, 6) is 0.512. The van der Waals surface area contributed by atoms with E-state index in [4.69, 9.17) is 11.5 Å². The van der Waals surface area contributed by atoms with Gasteiger partial charge >= 0.3 is 0 Å². The first-order chi connectivity index (χ1) is 9.61. The molecule has 0 aliphatic rings. The molecule has 2 aromatic rings. The van der Waals surface area contributed by atoms with Crippen LogP contribution in [-0.4, -0.2) is 16.5 Å². The van der Waals surface area contributed by atoms with Crippen LogP contribution in [0.3, 0.4) is 0 Å². The Morgan fingerprint density at radius 1 is 1.35 bits per heavy atom. The van der Waals surface area contributed by atoms with Gasteiger partial charge < -0.3 is 21.4 Å². The van der Waals surface area contributed by atoms with Gasteiger partial charge in [-0.05, 0) is 24.1 Å². The lowest BCUT2D eigenvalue weighted by atomic mass is 10.2. The lowest BCUT2D eigenvalue weighted by Gasteiger charge is -2.24. The normalized spacial score (nSPS) is 10.4. The van der Waals surface area contributed by atoms with Gasteiger partial charge in [0.25, 0.3) is 5.56 Å². The van der Waals surface area contributed by atoms with Crippen LogP contribution in [0.1, 0.15) is 18.9 Å². The van der Waals surface area contributed by atoms with Crippen LogP contribution in [0.25, 0.3) is 0 Å². The van der Waals surface area contributed by atoms with Crippen molar-refractivity contribution in [1.29, 1.82) is 0 Å². The third-order valence-corrected chi connectivity index (χ3v) is 2.99. The third-order valence-electron chi connectivity index (χ3n) is 2.99. The number of hydrogen-bond donors (Lipinski definition) is 3. The highest BCUT2D eigenvalue weighted by Crippen LogP contribution is 2.19. The number of H-pyrrole nitrogens is 1. The number of aromatic nitrogens is 2. The second-order valence-electron chi connectivity index (χ2n) is 4.64. The van der Waals surface area contributed by atoms with Gasteiger partial charge in [-0.3, -0.25) is 4.79 Å². The third kappa shape index (κ3) is 3.09. The first kappa shape index (κ1) is 13.9. The molecule has 0 aliphatic carbocycles. The molecular weight excluding hydrogens is 254 g/mol. The first-order valence-corrected chi connectivity index (χ1v) is 6.54. The van der Waals surface area contributed by atoms with Gasteiger partial charge in [-0.25, -0.2) is 4.98 Å². The molecule has 1 heterocycles. The Morgan fingerprint density at radius 2 is 2.15 bits per heavy atom. The average molecular weight is 273 g/mol. The van der Waals surface area contributed by atoms with Gasteiger partial charge in [0.1, 0.15) is 5.69 Å². The molecule has 2 rings (SSSR count). The molecule has 0 radical (unpaired) electrons. The zero-order valence-corrected chi connectivity index (χ0v) is 11.5. The van der Waals surface area contributed by atoms with Crippen molar-refractivity contribution in [2.24, 2.45) is 0 Å². The van der Waals surface area contributed by atoms with Crippen LogP contribution in [0.2, 0.25) is 0 Å². The number of benzene rings is 1. The maximum Gasteiger partial charge on any atom is 0.276 e. The van der Waals surface area contributed by atoms with Gasteiger partial charge in [-0.2, -0.15) is 0 Å². The van der Waals surface area contributed by atoms with Crippen LogP contribution in [0.5, 0.6) is 0 Å². The minimum atomic E-state index is -0.316. The summed E-state index contributed by atoms with van der Waals surface area (Å²) in [4.78, 5) is 20.2. The second-order valence-corrected chi connectivity index (χ2v) is 4.64. The van der Waals surface area contributed by atoms with Crippen molar-refractivity contribution in [2.75, 3.05) is 22.9 Å². The highest BCUT2D eigenvalue weighted by Gasteiger charge is 2.13. The Bertz CT molecular complexity index is 637. The van der Waals surface area contributed by atoms with Gasteiger partial charge in [0.05, 0.1) is 6.33 Å². The fraction of sp³-hybridized carbons (Fsp3) is 0.286. The van der Waals surface area contributed by atoms with E-state index >= 15 is 0 Å². The molecule has 0 spiro atoms. The molecule has 6 nitrogen and oxygen atoms in total. The fourth-order valence-electron chi connectivity index (χ4n) is 2.09. The molecule has 0 fully saturated rings. The van der Waals surface area contributed by atoms with E-state index in [1.165, 1.54) is 6.33 Å². The lowest BCUT2D eigenvalue weighted by molar-refractivity contribution is 0.753. The Hall–Kier alpha value is -2.50. The van der Waals surface area contributed by atoms with Gasteiger partial charge in [0.15, 0.2) is 5.82 Å². The molecule has 0 aliphatic heterocycles. The number of nitrogens with one attached hydrogen (secondary N) is 1. The summed E-state index contributed by atoms with van der Waals surface area (Å²) in [5, 5.41) is 0. The van der Waals surface area contributed by atoms with E-state index in [2.05, 4.69) is 16.9 Å². The summed E-state index contributed by atoms with van der Waals surface area (Å²) in [6.07, 6.45) is 2.30. The van der Waals surface area contributed by atoms with Crippen molar-refractivity contribution in [2.45, 2.75) is 19.9 Å². The molecule has 106 valence electrons. The minimum Gasteiger partial charge on any atom is -0.399 e. The van der Waals surface area contributed by atoms with Gasteiger partial charge in [0.2, 0.25) is 0 Å². The monoisotopic (exact) mass is 273 g/mol. The van der Waals surface area contributed by atoms with Gasteiger partial charge in [0, 0.05) is 18.8 Å². The summed E-state index contributed by atoms with van der Waals surface area (Å²) in [6.45, 7) is 3.44. The quantitative estimate of drug-likeness (QED) is 0.714. The molecule has 1 aromatic carbocycles. The first-order valence-electron chi connectivity index (χ1n) is 6.54. The Morgan fingerprint density at radius 3 is 2.85 bits per heavy atom. The Balaban J connectivity index is 2.31. The molecule has 0 atom stereocenters. The van der Waals surface area contributed by atoms with Crippen LogP contribution in [0, 0.1) is 0 Å². The van der Waals surface area contributed by atoms with Gasteiger partial charge in [-0.1, -0.05) is 19.1 Å². The topological polar surface area (TPSA) is 101 Å². The Labute approximate surface area is 117 Å². The predicted octanol–water partition coefficient (Wildman–Crippen LogP) is 1.35. The maximum absolute atomic E-state index is 11.6. The van der Waals surface area contributed by atoms with E-state index in [1.54, 1.807) is 0 Å². The molecule has 0 saturated carbocycles. The zero-order chi connectivity index (χ0) is 14.5. The molecule has 0 amide bonds. The van der Waals surface area contributed by atoms with Crippen LogP contribution in [-0.2, 0) is 6.54 Å². The number of aromatic amines is 1. The van der Waals surface area contributed by atoms with Crippen LogP contribution >= 0.6 is 0 Å². The number of nitrogens with zero attached hydrogens (tertiary/aromatic N) is 2. The second kappa shape index (κ2) is 6.10. The van der Waals surface area contributed by atoms with E-state index in [0.29, 0.717) is 18.1 Å². The summed E-state index contributed by atoms with van der Waals surface area (Å²) >= 11 is 0. The van der Waals surface area contributed by atoms with E-state index in [-0.39, 0.29) is 11.2 Å². The lowest BCUT2D eigenvalue weighted by Crippen LogP contribution is -2.28. The molecule has 0 saturated heterocycles. The largest absolute Gasteiger partial charge is 0.399 e. The fourth-order valence-corrected chi connectivity index (χ4v) is 2.09. The Kier molecular flexibility index (Phi) is 4.24. The van der Waals surface area contributed by atoms with E-state index in [9.17, 15) is 4.79 Å². The van der Waals surface area contributed by atoms with E-state index in [0.717, 1.165) is 18.5 Å². The molecule has 5 N–H and O–H groups in total. The van der Waals surface area contributed by atoms with E-state index < -0.39 is 0 Å². The molecular formula is C14H19N5O. The zero-order valence-electron chi connectivity index (χ0n) is 11.5. The molecule has 0 bridgehead atoms. The van der Waals surface area contributed by atoms with Crippen molar-refractivity contribution in [3.05, 3.63) is 46.5 Å². The van der Waals surface area contributed by atoms with Crippen molar-refractivity contribution in [1.82, 2.24) is 9.97 Å². The van der Waals surface area contributed by atoms with Crippen molar-refractivity contribution in [3.8, 4) is 0 Å². The molecule has 20 heavy (non-hydrogen) atoms. The smallest absolute Gasteiger partial charge is 0.276 e. The highest BCUT2D eigenvalue weighted by atomic mass is 16.1. The number of hydrogen-bond acceptors (Lipinski definition) is 5. The van der Waals surface area contributed by atoms with Crippen molar-refractivity contribution in [3.63, 3.8) is 0 Å². The number of nitrogens with two attached hydrogens (primary N) is 2. The van der Waals surface area contributed by atoms with Crippen LogP contribution in [0.15, 0.2) is 35.4 Å². The maximum atomic E-state index is 11.6. The number of nitrogen functional groups attached to an aromatic ring is 2. The predicted molar refractivity (Wildman–Crippen MR) is 81.5 cm³/mol. The van der Waals surface area contributed by atoms with Gasteiger partial charge in [-0.15, -0.1) is 0 Å². The molecule has 1 aromatic heterocycles. The highest BCUT2D eigenvalue weighted by molar-refractivity contribution is 5.61. The standard InChI is InChI=1S/C14H19N5O/c1-2-6-19(8-10-4-3-5-11(15)7-10)13-12(16)14(20)18-9-17-13/h3-5,7,9H,2,6,8,15-16H2,1H3,(H,17,18,20). The van der Waals surface area contributed by atoms with E-state index in [1.807, 2.05) is 29.2 Å². The van der Waals surface area contributed by atoms with Crippen LogP contribution in [0.4, 0.5) is 17.2 Å². The summed E-state index contributed by atoms with van der Waals surface area (Å²) in [5.41, 5.74) is 13.2. The minimum absolute atomic E-state index is 0.143. The molecule has 0 unspecified atom stereocenters. The number of rotatable bonds is 5. The SMILES string of the molecule is CCCN(Cc1cccc(N)c1)c1nc[nH]c(=O)c1N. The average Bonchev–Trinajstić information content (AvgIpc) is 2.42. The van der Waals surface area contributed by atoms with Crippen molar-refractivity contribution < 1.29 is 0 Å². The summed E-state index contributed by atoms with van der Waals surface area (Å²) in [6, 6.07) is 7.64. The van der Waals surface area contributed by atoms with Crippen LogP contribution < -0.4 is 21.9 Å². The van der Waals surface area contributed by atoms with Crippen molar-refractivity contribution >= 4 is 17.2 Å². The number of anilines is 3. The summed E-state index contributed by atoms with van der Waals surface area (Å²) in [7, 11) is 0. The molecule has 6 heteroatoms. The summed E-state index contributed by atoms with van der Waals surface area (Å²) < 4.78 is 0.